The molecule has 21 heavy (non-hydrogen) atoms. The van der Waals surface area contributed by atoms with E-state index in [1.54, 1.807) is 0 Å². The minimum absolute atomic E-state index is 0.0883. The van der Waals surface area contributed by atoms with Crippen molar-refractivity contribution in [2.24, 2.45) is 5.73 Å². The molecule has 1 heterocycles. The van der Waals surface area contributed by atoms with E-state index in [-0.39, 0.29) is 6.04 Å². The predicted molar refractivity (Wildman–Crippen MR) is 84.7 cm³/mol. The molecular formula is C18H21NO2. The zero-order chi connectivity index (χ0) is 14.7. The van der Waals surface area contributed by atoms with Crippen LogP contribution in [0, 0.1) is 0 Å². The van der Waals surface area contributed by atoms with Gasteiger partial charge in [0.25, 0.3) is 0 Å². The van der Waals surface area contributed by atoms with Crippen LogP contribution in [0.5, 0.6) is 11.5 Å². The lowest BCUT2D eigenvalue weighted by Crippen LogP contribution is -2.08. The number of hydrogen-bond donors (Lipinski definition) is 1. The maximum Gasteiger partial charge on any atom is 0.161 e. The Kier molecular flexibility index (Phi) is 4.11. The van der Waals surface area contributed by atoms with Gasteiger partial charge in [0, 0.05) is 12.5 Å². The van der Waals surface area contributed by atoms with Gasteiger partial charge in [-0.1, -0.05) is 31.2 Å². The van der Waals surface area contributed by atoms with Gasteiger partial charge in [0.1, 0.15) is 0 Å². The van der Waals surface area contributed by atoms with E-state index in [9.17, 15) is 0 Å². The lowest BCUT2D eigenvalue weighted by Gasteiger charge is -2.13. The molecular weight excluding hydrogens is 262 g/mol. The Bertz CT molecular complexity index is 624. The van der Waals surface area contributed by atoms with Crippen LogP contribution in [0.1, 0.15) is 31.4 Å². The summed E-state index contributed by atoms with van der Waals surface area (Å²) in [4.78, 5) is 0. The van der Waals surface area contributed by atoms with Crippen LogP contribution in [-0.4, -0.2) is 13.2 Å². The maximum absolute atomic E-state index is 6.13. The van der Waals surface area contributed by atoms with Crippen LogP contribution in [0.25, 0.3) is 11.1 Å². The smallest absolute Gasteiger partial charge is 0.161 e. The topological polar surface area (TPSA) is 44.5 Å². The van der Waals surface area contributed by atoms with Gasteiger partial charge in [0.2, 0.25) is 0 Å². The minimum Gasteiger partial charge on any atom is -0.490 e. The summed E-state index contributed by atoms with van der Waals surface area (Å²) in [5.74, 6) is 1.66. The Morgan fingerprint density at radius 1 is 1.00 bits per heavy atom. The van der Waals surface area contributed by atoms with Gasteiger partial charge < -0.3 is 15.2 Å². The van der Waals surface area contributed by atoms with Crippen molar-refractivity contribution in [2.75, 3.05) is 13.2 Å². The van der Waals surface area contributed by atoms with Gasteiger partial charge in [-0.15, -0.1) is 0 Å². The third-order valence-corrected chi connectivity index (χ3v) is 3.84. The van der Waals surface area contributed by atoms with E-state index in [1.165, 1.54) is 5.56 Å². The molecule has 0 aromatic heterocycles. The summed E-state index contributed by atoms with van der Waals surface area (Å²) in [6.07, 6.45) is 1.86. The molecule has 0 amide bonds. The van der Waals surface area contributed by atoms with Crippen LogP contribution < -0.4 is 15.2 Å². The number of benzene rings is 2. The highest BCUT2D eigenvalue weighted by molar-refractivity contribution is 5.68. The van der Waals surface area contributed by atoms with Crippen LogP contribution in [0.4, 0.5) is 0 Å². The largest absolute Gasteiger partial charge is 0.490 e. The molecule has 2 aromatic rings. The van der Waals surface area contributed by atoms with E-state index in [1.807, 2.05) is 6.07 Å². The van der Waals surface area contributed by atoms with E-state index >= 15 is 0 Å². The van der Waals surface area contributed by atoms with E-state index in [0.717, 1.165) is 35.5 Å². The number of rotatable bonds is 3. The summed E-state index contributed by atoms with van der Waals surface area (Å²) in [5.41, 5.74) is 9.59. The summed E-state index contributed by atoms with van der Waals surface area (Å²) in [6, 6.07) is 14.6. The Labute approximate surface area is 125 Å². The Balaban J connectivity index is 1.95. The number of ether oxygens (including phenoxy) is 2. The molecule has 1 aliphatic rings. The van der Waals surface area contributed by atoms with Crippen LogP contribution in [0.2, 0.25) is 0 Å². The first-order valence-corrected chi connectivity index (χ1v) is 7.53. The SMILES string of the molecule is CCC(N)c1cccc(-c2ccc3c(c2)OCCCO3)c1. The Hall–Kier alpha value is -2.00. The van der Waals surface area contributed by atoms with Crippen molar-refractivity contribution in [1.29, 1.82) is 0 Å². The second kappa shape index (κ2) is 6.19. The van der Waals surface area contributed by atoms with Gasteiger partial charge in [0.15, 0.2) is 11.5 Å². The van der Waals surface area contributed by atoms with Gasteiger partial charge >= 0.3 is 0 Å². The molecule has 3 heteroatoms. The van der Waals surface area contributed by atoms with Crippen molar-refractivity contribution in [2.45, 2.75) is 25.8 Å². The molecule has 1 atom stereocenters. The average molecular weight is 283 g/mol. The first-order valence-electron chi connectivity index (χ1n) is 7.53. The van der Waals surface area contributed by atoms with Gasteiger partial charge in [-0.2, -0.15) is 0 Å². The first kappa shape index (κ1) is 14.0. The maximum atomic E-state index is 6.13. The van der Waals surface area contributed by atoms with E-state index in [4.69, 9.17) is 15.2 Å². The second-order valence-corrected chi connectivity index (χ2v) is 5.35. The lowest BCUT2D eigenvalue weighted by molar-refractivity contribution is 0.297. The molecule has 2 N–H and O–H groups in total. The summed E-state index contributed by atoms with van der Waals surface area (Å²) in [7, 11) is 0. The van der Waals surface area contributed by atoms with E-state index < -0.39 is 0 Å². The molecule has 0 saturated carbocycles. The molecule has 110 valence electrons. The first-order chi connectivity index (χ1) is 10.3. The zero-order valence-electron chi connectivity index (χ0n) is 12.3. The van der Waals surface area contributed by atoms with Crippen LogP contribution in [0.15, 0.2) is 42.5 Å². The number of nitrogens with two attached hydrogens (primary N) is 1. The Morgan fingerprint density at radius 2 is 1.76 bits per heavy atom. The average Bonchev–Trinajstić information content (AvgIpc) is 2.78. The van der Waals surface area contributed by atoms with Crippen molar-refractivity contribution < 1.29 is 9.47 Å². The molecule has 0 fully saturated rings. The summed E-state index contributed by atoms with van der Waals surface area (Å²) >= 11 is 0. The third-order valence-electron chi connectivity index (χ3n) is 3.84. The van der Waals surface area contributed by atoms with Gasteiger partial charge in [0.05, 0.1) is 13.2 Å². The molecule has 2 aromatic carbocycles. The molecule has 3 nitrogen and oxygen atoms in total. The fourth-order valence-corrected chi connectivity index (χ4v) is 2.53. The van der Waals surface area contributed by atoms with Gasteiger partial charge in [-0.25, -0.2) is 0 Å². The lowest BCUT2D eigenvalue weighted by atomic mass is 9.98. The van der Waals surface area contributed by atoms with E-state index in [2.05, 4.69) is 43.3 Å². The molecule has 0 spiro atoms. The summed E-state index contributed by atoms with van der Waals surface area (Å²) < 4.78 is 11.4. The van der Waals surface area contributed by atoms with Crippen LogP contribution in [-0.2, 0) is 0 Å². The van der Waals surface area contributed by atoms with Crippen molar-refractivity contribution in [3.63, 3.8) is 0 Å². The molecule has 0 saturated heterocycles. The van der Waals surface area contributed by atoms with Crippen molar-refractivity contribution in [3.8, 4) is 22.6 Å². The van der Waals surface area contributed by atoms with Crippen LogP contribution in [0.3, 0.4) is 0 Å². The molecule has 3 rings (SSSR count). The van der Waals surface area contributed by atoms with Crippen LogP contribution >= 0.6 is 0 Å². The van der Waals surface area contributed by atoms with E-state index in [0.29, 0.717) is 13.2 Å². The highest BCUT2D eigenvalue weighted by Crippen LogP contribution is 2.34. The normalized spacial score (nSPS) is 15.3. The highest BCUT2D eigenvalue weighted by atomic mass is 16.5. The minimum atomic E-state index is 0.0883. The van der Waals surface area contributed by atoms with Crippen molar-refractivity contribution in [3.05, 3.63) is 48.0 Å². The third kappa shape index (κ3) is 3.03. The molecule has 0 bridgehead atoms. The number of hydrogen-bond acceptors (Lipinski definition) is 3. The fourth-order valence-electron chi connectivity index (χ4n) is 2.53. The molecule has 0 radical (unpaired) electrons. The molecule has 1 aliphatic heterocycles. The van der Waals surface area contributed by atoms with Gasteiger partial charge in [-0.05, 0) is 41.3 Å². The zero-order valence-corrected chi connectivity index (χ0v) is 12.3. The Morgan fingerprint density at radius 3 is 2.57 bits per heavy atom. The standard InChI is InChI=1S/C18H21NO2/c1-2-16(19)15-6-3-5-13(11-15)14-7-8-17-18(12-14)21-10-4-9-20-17/h3,5-8,11-12,16H,2,4,9-10,19H2,1H3. The quantitative estimate of drug-likeness (QED) is 0.928. The molecule has 1 unspecified atom stereocenters. The molecule has 0 aliphatic carbocycles. The van der Waals surface area contributed by atoms with Gasteiger partial charge in [-0.3, -0.25) is 0 Å². The second-order valence-electron chi connectivity index (χ2n) is 5.35. The summed E-state index contributed by atoms with van der Waals surface area (Å²) in [5, 5.41) is 0. The highest BCUT2D eigenvalue weighted by Gasteiger charge is 2.12. The van der Waals surface area contributed by atoms with Crippen molar-refractivity contribution >= 4 is 0 Å². The predicted octanol–water partition coefficient (Wildman–Crippen LogP) is 3.92. The number of fused-ring (bicyclic) bond motifs is 1. The fraction of sp³-hybridized carbons (Fsp3) is 0.333. The monoisotopic (exact) mass is 283 g/mol. The summed E-state index contributed by atoms with van der Waals surface area (Å²) in [6.45, 7) is 3.52. The van der Waals surface area contributed by atoms with Crippen molar-refractivity contribution in [1.82, 2.24) is 0 Å².